The zero-order valence-electron chi connectivity index (χ0n) is 14.9. The Bertz CT molecular complexity index is 586. The number of carbonyl (C=O) groups is 2. The van der Waals surface area contributed by atoms with E-state index < -0.39 is 0 Å². The number of nitrogens with one attached hydrogen (secondary N) is 3. The Balaban J connectivity index is 1.55. The van der Waals surface area contributed by atoms with E-state index in [2.05, 4.69) is 16.0 Å². The van der Waals surface area contributed by atoms with Gasteiger partial charge in [-0.3, -0.25) is 4.79 Å². The second-order valence-corrected chi connectivity index (χ2v) is 6.70. The van der Waals surface area contributed by atoms with Gasteiger partial charge in [0.1, 0.15) is 5.82 Å². The minimum Gasteiger partial charge on any atom is -0.352 e. The van der Waals surface area contributed by atoms with E-state index in [4.69, 9.17) is 0 Å². The average molecular weight is 349 g/mol. The van der Waals surface area contributed by atoms with E-state index in [-0.39, 0.29) is 23.8 Å². The van der Waals surface area contributed by atoms with Crippen LogP contribution in [0.2, 0.25) is 0 Å². The normalized spacial score (nSPS) is 14.8. The van der Waals surface area contributed by atoms with E-state index >= 15 is 0 Å². The summed E-state index contributed by atoms with van der Waals surface area (Å²) in [5, 5.41) is 8.59. The topological polar surface area (TPSA) is 70.2 Å². The van der Waals surface area contributed by atoms with E-state index in [0.29, 0.717) is 31.5 Å². The fourth-order valence-electron chi connectivity index (χ4n) is 3.04. The number of hydrogen-bond acceptors (Lipinski definition) is 2. The molecule has 1 aromatic rings. The summed E-state index contributed by atoms with van der Waals surface area (Å²) in [6.07, 6.45) is 6.66. The monoisotopic (exact) mass is 349 g/mol. The third-order valence-corrected chi connectivity index (χ3v) is 4.52. The molecule has 3 amide bonds. The molecule has 0 radical (unpaired) electrons. The van der Waals surface area contributed by atoms with Crippen molar-refractivity contribution in [1.82, 2.24) is 16.0 Å². The van der Waals surface area contributed by atoms with Crippen LogP contribution in [-0.4, -0.2) is 24.5 Å². The number of carbonyl (C=O) groups excluding carboxylic acids is 2. The molecule has 138 valence electrons. The summed E-state index contributed by atoms with van der Waals surface area (Å²) >= 11 is 0. The highest BCUT2D eigenvalue weighted by molar-refractivity contribution is 5.76. The molecule has 6 heteroatoms. The predicted octanol–water partition coefficient (Wildman–Crippen LogP) is 3.16. The molecule has 3 N–H and O–H groups in total. The minimum atomic E-state index is -0.243. The first-order valence-electron chi connectivity index (χ1n) is 9.10. The van der Waals surface area contributed by atoms with Crippen LogP contribution in [0.3, 0.4) is 0 Å². The molecule has 0 unspecified atom stereocenters. The molecule has 1 fully saturated rings. The van der Waals surface area contributed by atoms with Crippen molar-refractivity contribution in [1.29, 1.82) is 0 Å². The summed E-state index contributed by atoms with van der Waals surface area (Å²) in [7, 11) is 0. The lowest BCUT2D eigenvalue weighted by Gasteiger charge is -2.22. The van der Waals surface area contributed by atoms with Gasteiger partial charge in [-0.15, -0.1) is 0 Å². The van der Waals surface area contributed by atoms with Gasteiger partial charge in [0.25, 0.3) is 0 Å². The van der Waals surface area contributed by atoms with Crippen molar-refractivity contribution in [3.63, 3.8) is 0 Å². The van der Waals surface area contributed by atoms with Crippen LogP contribution in [-0.2, 0) is 11.3 Å². The zero-order chi connectivity index (χ0) is 18.1. The van der Waals surface area contributed by atoms with E-state index in [1.54, 1.807) is 19.1 Å². The Morgan fingerprint density at radius 1 is 1.16 bits per heavy atom. The molecule has 0 aliphatic heterocycles. The van der Waals surface area contributed by atoms with Crippen LogP contribution >= 0.6 is 0 Å². The van der Waals surface area contributed by atoms with Gasteiger partial charge in [-0.2, -0.15) is 0 Å². The first kappa shape index (κ1) is 19.2. The molecule has 1 aromatic carbocycles. The lowest BCUT2D eigenvalue weighted by atomic mass is 9.96. The Labute approximate surface area is 148 Å². The highest BCUT2D eigenvalue weighted by Crippen LogP contribution is 2.17. The number of halogens is 1. The van der Waals surface area contributed by atoms with Gasteiger partial charge in [0.05, 0.1) is 0 Å². The van der Waals surface area contributed by atoms with E-state index in [1.165, 1.54) is 25.3 Å². The molecule has 2 rings (SSSR count). The van der Waals surface area contributed by atoms with Gasteiger partial charge in [-0.25, -0.2) is 9.18 Å². The third-order valence-electron chi connectivity index (χ3n) is 4.52. The summed E-state index contributed by atoms with van der Waals surface area (Å²) in [6, 6.07) is 4.95. The Kier molecular flexibility index (Phi) is 7.70. The number of benzene rings is 1. The van der Waals surface area contributed by atoms with Gasteiger partial charge >= 0.3 is 6.03 Å². The molecule has 1 saturated carbocycles. The fourth-order valence-corrected chi connectivity index (χ4v) is 3.04. The van der Waals surface area contributed by atoms with Crippen LogP contribution in [0.1, 0.15) is 56.1 Å². The van der Waals surface area contributed by atoms with Gasteiger partial charge in [0.2, 0.25) is 5.91 Å². The molecule has 1 aliphatic rings. The van der Waals surface area contributed by atoms with E-state index in [0.717, 1.165) is 18.4 Å². The smallest absolute Gasteiger partial charge is 0.315 e. The number of urea groups is 1. The standard InChI is InChI=1S/C19H28FN3O2/c1-14-12-15(9-10-17(14)20)13-22-18(24)8-5-11-21-19(25)23-16-6-3-2-4-7-16/h9-10,12,16H,2-8,11,13H2,1H3,(H,22,24)(H2,21,23,25). The van der Waals surface area contributed by atoms with Crippen LogP contribution in [0, 0.1) is 12.7 Å². The molecular weight excluding hydrogens is 321 g/mol. The van der Waals surface area contributed by atoms with Crippen LogP contribution < -0.4 is 16.0 Å². The predicted molar refractivity (Wildman–Crippen MR) is 95.6 cm³/mol. The maximum Gasteiger partial charge on any atom is 0.315 e. The Hall–Kier alpha value is -2.11. The number of rotatable bonds is 7. The quantitative estimate of drug-likeness (QED) is 0.662. The maximum absolute atomic E-state index is 13.2. The first-order chi connectivity index (χ1) is 12.0. The van der Waals surface area contributed by atoms with Crippen molar-refractivity contribution >= 4 is 11.9 Å². The van der Waals surface area contributed by atoms with Crippen LogP contribution in [0.15, 0.2) is 18.2 Å². The zero-order valence-corrected chi connectivity index (χ0v) is 14.9. The molecule has 25 heavy (non-hydrogen) atoms. The molecule has 0 atom stereocenters. The van der Waals surface area contributed by atoms with Crippen LogP contribution in [0.5, 0.6) is 0 Å². The van der Waals surface area contributed by atoms with Crippen LogP contribution in [0.25, 0.3) is 0 Å². The Morgan fingerprint density at radius 2 is 1.92 bits per heavy atom. The van der Waals surface area contributed by atoms with E-state index in [1.807, 2.05) is 0 Å². The molecule has 1 aliphatic carbocycles. The average Bonchev–Trinajstić information content (AvgIpc) is 2.60. The van der Waals surface area contributed by atoms with Crippen molar-refractivity contribution in [2.24, 2.45) is 0 Å². The highest BCUT2D eigenvalue weighted by Gasteiger charge is 2.15. The summed E-state index contributed by atoms with van der Waals surface area (Å²) in [4.78, 5) is 23.6. The SMILES string of the molecule is Cc1cc(CNC(=O)CCCNC(=O)NC2CCCCC2)ccc1F. The molecular formula is C19H28FN3O2. The molecule has 0 bridgehead atoms. The fraction of sp³-hybridized carbons (Fsp3) is 0.579. The maximum atomic E-state index is 13.2. The second-order valence-electron chi connectivity index (χ2n) is 6.70. The number of aryl methyl sites for hydroxylation is 1. The molecule has 0 heterocycles. The first-order valence-corrected chi connectivity index (χ1v) is 9.10. The number of hydrogen-bond donors (Lipinski definition) is 3. The van der Waals surface area contributed by atoms with Crippen molar-refractivity contribution in [3.05, 3.63) is 35.1 Å². The van der Waals surface area contributed by atoms with Crippen molar-refractivity contribution in [2.45, 2.75) is 64.5 Å². The second kappa shape index (κ2) is 10.0. The van der Waals surface area contributed by atoms with Gasteiger partial charge < -0.3 is 16.0 Å². The summed E-state index contributed by atoms with van der Waals surface area (Å²) in [5.41, 5.74) is 1.44. The third kappa shape index (κ3) is 7.11. The van der Waals surface area contributed by atoms with Gasteiger partial charge in [0, 0.05) is 25.6 Å². The Morgan fingerprint density at radius 3 is 2.64 bits per heavy atom. The van der Waals surface area contributed by atoms with Gasteiger partial charge in [-0.05, 0) is 43.4 Å². The molecule has 0 aromatic heterocycles. The minimum absolute atomic E-state index is 0.0727. The van der Waals surface area contributed by atoms with Gasteiger partial charge in [-0.1, -0.05) is 31.4 Å². The van der Waals surface area contributed by atoms with Crippen molar-refractivity contribution < 1.29 is 14.0 Å². The molecule has 0 saturated heterocycles. The van der Waals surface area contributed by atoms with E-state index in [9.17, 15) is 14.0 Å². The molecule has 5 nitrogen and oxygen atoms in total. The summed E-state index contributed by atoms with van der Waals surface area (Å²) in [5.74, 6) is -0.316. The number of amides is 3. The largest absolute Gasteiger partial charge is 0.352 e. The lowest BCUT2D eigenvalue weighted by Crippen LogP contribution is -2.43. The molecule has 0 spiro atoms. The lowest BCUT2D eigenvalue weighted by molar-refractivity contribution is -0.121. The van der Waals surface area contributed by atoms with Gasteiger partial charge in [0.15, 0.2) is 0 Å². The summed E-state index contributed by atoms with van der Waals surface area (Å²) in [6.45, 7) is 2.56. The summed E-state index contributed by atoms with van der Waals surface area (Å²) < 4.78 is 13.2. The highest BCUT2D eigenvalue weighted by atomic mass is 19.1. The van der Waals surface area contributed by atoms with Crippen molar-refractivity contribution in [2.75, 3.05) is 6.54 Å². The van der Waals surface area contributed by atoms with Crippen molar-refractivity contribution in [3.8, 4) is 0 Å². The van der Waals surface area contributed by atoms with Crippen LogP contribution in [0.4, 0.5) is 9.18 Å².